The molecule has 0 bridgehead atoms. The second-order valence-electron chi connectivity index (χ2n) is 5.15. The minimum atomic E-state index is 0.167. The molecular weight excluding hydrogens is 256 g/mol. The van der Waals surface area contributed by atoms with Gasteiger partial charge in [0, 0.05) is 19.5 Å². The summed E-state index contributed by atoms with van der Waals surface area (Å²) in [7, 11) is 1.88. The summed E-state index contributed by atoms with van der Waals surface area (Å²) in [6, 6.07) is 2.04. The van der Waals surface area contributed by atoms with Crippen LogP contribution in [0.1, 0.15) is 30.2 Å². The summed E-state index contributed by atoms with van der Waals surface area (Å²) in [6.07, 6.45) is 2.41. The SMILES string of the molecule is CC(C(=O)N(C)Cc1csc(C#CCN)c1)C1CC1. The van der Waals surface area contributed by atoms with Crippen LogP contribution in [0, 0.1) is 23.7 Å². The lowest BCUT2D eigenvalue weighted by atomic mass is 10.1. The van der Waals surface area contributed by atoms with Gasteiger partial charge in [-0.25, -0.2) is 0 Å². The van der Waals surface area contributed by atoms with Crippen molar-refractivity contribution in [2.45, 2.75) is 26.3 Å². The molecule has 1 saturated carbocycles. The number of amides is 1. The van der Waals surface area contributed by atoms with Gasteiger partial charge in [0.05, 0.1) is 11.4 Å². The highest BCUT2D eigenvalue weighted by Gasteiger charge is 2.33. The maximum absolute atomic E-state index is 12.2. The van der Waals surface area contributed by atoms with Gasteiger partial charge in [-0.3, -0.25) is 4.79 Å². The van der Waals surface area contributed by atoms with Gasteiger partial charge in [0.25, 0.3) is 0 Å². The zero-order chi connectivity index (χ0) is 13.8. The van der Waals surface area contributed by atoms with Crippen LogP contribution in [-0.2, 0) is 11.3 Å². The van der Waals surface area contributed by atoms with Crippen LogP contribution >= 0.6 is 11.3 Å². The lowest BCUT2D eigenvalue weighted by Crippen LogP contribution is -2.32. The van der Waals surface area contributed by atoms with Crippen molar-refractivity contribution in [1.82, 2.24) is 4.90 Å². The highest BCUT2D eigenvalue weighted by Crippen LogP contribution is 2.37. The van der Waals surface area contributed by atoms with Crippen LogP contribution in [0.2, 0.25) is 0 Å². The molecule has 1 fully saturated rings. The Labute approximate surface area is 118 Å². The van der Waals surface area contributed by atoms with E-state index in [-0.39, 0.29) is 11.8 Å². The van der Waals surface area contributed by atoms with E-state index in [9.17, 15) is 4.79 Å². The minimum absolute atomic E-state index is 0.167. The number of nitrogens with two attached hydrogens (primary N) is 1. The van der Waals surface area contributed by atoms with E-state index >= 15 is 0 Å². The molecule has 1 aliphatic carbocycles. The van der Waals surface area contributed by atoms with Crippen molar-refractivity contribution in [1.29, 1.82) is 0 Å². The van der Waals surface area contributed by atoms with E-state index in [0.29, 0.717) is 19.0 Å². The van der Waals surface area contributed by atoms with Gasteiger partial charge in [-0.05, 0) is 35.8 Å². The van der Waals surface area contributed by atoms with E-state index in [1.165, 1.54) is 12.8 Å². The number of carbonyl (C=O) groups excluding carboxylic acids is 1. The maximum atomic E-state index is 12.2. The Hall–Kier alpha value is -1.31. The molecule has 2 rings (SSSR count). The topological polar surface area (TPSA) is 46.3 Å². The Morgan fingerprint density at radius 3 is 3.00 bits per heavy atom. The number of hydrogen-bond acceptors (Lipinski definition) is 3. The van der Waals surface area contributed by atoms with Gasteiger partial charge in [-0.2, -0.15) is 0 Å². The average molecular weight is 276 g/mol. The summed E-state index contributed by atoms with van der Waals surface area (Å²) in [5.41, 5.74) is 6.49. The number of rotatable bonds is 4. The molecule has 1 atom stereocenters. The molecule has 1 heterocycles. The minimum Gasteiger partial charge on any atom is -0.341 e. The summed E-state index contributed by atoms with van der Waals surface area (Å²) < 4.78 is 0. The molecule has 1 aromatic rings. The Kier molecular flexibility index (Phi) is 4.62. The lowest BCUT2D eigenvalue weighted by Gasteiger charge is -2.20. The van der Waals surface area contributed by atoms with Crippen LogP contribution in [0.4, 0.5) is 0 Å². The van der Waals surface area contributed by atoms with Crippen LogP contribution in [0.15, 0.2) is 11.4 Å². The molecule has 1 amide bonds. The number of hydrogen-bond donors (Lipinski definition) is 1. The van der Waals surface area contributed by atoms with Crippen molar-refractivity contribution in [3.63, 3.8) is 0 Å². The Bertz CT molecular complexity index is 508. The van der Waals surface area contributed by atoms with Crippen LogP contribution in [0.3, 0.4) is 0 Å². The van der Waals surface area contributed by atoms with Gasteiger partial charge < -0.3 is 10.6 Å². The van der Waals surface area contributed by atoms with Gasteiger partial charge in [-0.15, -0.1) is 11.3 Å². The lowest BCUT2D eigenvalue weighted by molar-refractivity contribution is -0.134. The smallest absolute Gasteiger partial charge is 0.225 e. The normalized spacial score (nSPS) is 15.5. The van der Waals surface area contributed by atoms with E-state index in [1.54, 1.807) is 11.3 Å². The zero-order valence-electron chi connectivity index (χ0n) is 11.5. The average Bonchev–Trinajstić information content (AvgIpc) is 3.16. The van der Waals surface area contributed by atoms with Crippen molar-refractivity contribution < 1.29 is 4.79 Å². The molecule has 4 heteroatoms. The fourth-order valence-corrected chi connectivity index (χ4v) is 2.93. The molecule has 0 saturated heterocycles. The van der Waals surface area contributed by atoms with E-state index in [1.807, 2.05) is 24.9 Å². The first kappa shape index (κ1) is 14.1. The summed E-state index contributed by atoms with van der Waals surface area (Å²) in [6.45, 7) is 3.09. The monoisotopic (exact) mass is 276 g/mol. The van der Waals surface area contributed by atoms with Crippen LogP contribution < -0.4 is 5.73 Å². The molecule has 1 aliphatic rings. The molecule has 0 aliphatic heterocycles. The van der Waals surface area contributed by atoms with E-state index < -0.39 is 0 Å². The molecule has 102 valence electrons. The molecule has 1 aromatic heterocycles. The first-order valence-electron chi connectivity index (χ1n) is 6.63. The van der Waals surface area contributed by atoms with Crippen LogP contribution in [0.5, 0.6) is 0 Å². The van der Waals surface area contributed by atoms with E-state index in [2.05, 4.69) is 17.2 Å². The summed E-state index contributed by atoms with van der Waals surface area (Å²) >= 11 is 1.60. The third-order valence-corrected chi connectivity index (χ3v) is 4.38. The third kappa shape index (κ3) is 3.82. The molecular formula is C15H20N2OS. The number of carbonyl (C=O) groups is 1. The van der Waals surface area contributed by atoms with Crippen molar-refractivity contribution >= 4 is 17.2 Å². The number of thiophene rings is 1. The summed E-state index contributed by atoms with van der Waals surface area (Å²) in [5, 5.41) is 2.06. The fourth-order valence-electron chi connectivity index (χ4n) is 2.16. The van der Waals surface area contributed by atoms with E-state index in [0.717, 1.165) is 10.4 Å². The highest BCUT2D eigenvalue weighted by atomic mass is 32.1. The molecule has 1 unspecified atom stereocenters. The van der Waals surface area contributed by atoms with Crippen molar-refractivity contribution in [3.8, 4) is 11.8 Å². The van der Waals surface area contributed by atoms with Crippen molar-refractivity contribution in [2.75, 3.05) is 13.6 Å². The van der Waals surface area contributed by atoms with Crippen LogP contribution in [-0.4, -0.2) is 24.4 Å². The summed E-state index contributed by atoms with van der Waals surface area (Å²) in [4.78, 5) is 15.0. The third-order valence-electron chi connectivity index (χ3n) is 3.48. The van der Waals surface area contributed by atoms with Gasteiger partial charge in [0.15, 0.2) is 0 Å². The predicted molar refractivity (Wildman–Crippen MR) is 78.6 cm³/mol. The largest absolute Gasteiger partial charge is 0.341 e. The predicted octanol–water partition coefficient (Wildman–Crippen LogP) is 2.06. The van der Waals surface area contributed by atoms with E-state index in [4.69, 9.17) is 5.73 Å². The Morgan fingerprint density at radius 1 is 1.63 bits per heavy atom. The van der Waals surface area contributed by atoms with Crippen molar-refractivity contribution in [2.24, 2.45) is 17.6 Å². The van der Waals surface area contributed by atoms with Gasteiger partial charge in [0.2, 0.25) is 5.91 Å². The van der Waals surface area contributed by atoms with Gasteiger partial charge in [0.1, 0.15) is 0 Å². The van der Waals surface area contributed by atoms with Gasteiger partial charge in [-0.1, -0.05) is 18.8 Å². The van der Waals surface area contributed by atoms with Crippen molar-refractivity contribution in [3.05, 3.63) is 21.9 Å². The molecule has 19 heavy (non-hydrogen) atoms. The standard InChI is InChI=1S/C15H20N2OS/c1-11(13-5-6-13)15(18)17(2)9-12-8-14(19-10-12)4-3-7-16/h8,10-11,13H,5-7,9,16H2,1-2H3. The Morgan fingerprint density at radius 2 is 2.37 bits per heavy atom. The summed E-state index contributed by atoms with van der Waals surface area (Å²) in [5.74, 6) is 6.90. The first-order valence-corrected chi connectivity index (χ1v) is 7.51. The second kappa shape index (κ2) is 6.23. The van der Waals surface area contributed by atoms with Gasteiger partial charge >= 0.3 is 0 Å². The molecule has 2 N–H and O–H groups in total. The van der Waals surface area contributed by atoms with Crippen LogP contribution in [0.25, 0.3) is 0 Å². The first-order chi connectivity index (χ1) is 9.11. The molecule has 0 aromatic carbocycles. The zero-order valence-corrected chi connectivity index (χ0v) is 12.3. The molecule has 3 nitrogen and oxygen atoms in total. The molecule has 0 spiro atoms. The highest BCUT2D eigenvalue weighted by molar-refractivity contribution is 7.10. The Balaban J connectivity index is 1.92. The molecule has 0 radical (unpaired) electrons. The quantitative estimate of drug-likeness (QED) is 0.856. The maximum Gasteiger partial charge on any atom is 0.225 e. The number of nitrogens with zero attached hydrogens (tertiary/aromatic N) is 1. The fraction of sp³-hybridized carbons (Fsp3) is 0.533. The second-order valence-corrected chi connectivity index (χ2v) is 6.06.